The maximum absolute atomic E-state index is 11.9. The van der Waals surface area contributed by atoms with E-state index in [1.165, 1.54) is 18.2 Å². The van der Waals surface area contributed by atoms with E-state index >= 15 is 0 Å². The van der Waals surface area contributed by atoms with Crippen molar-refractivity contribution in [2.24, 2.45) is 0 Å². The van der Waals surface area contributed by atoms with E-state index in [0.29, 0.717) is 0 Å². The van der Waals surface area contributed by atoms with E-state index in [-0.39, 0.29) is 28.7 Å². The van der Waals surface area contributed by atoms with Gasteiger partial charge in [0.25, 0.3) is 0 Å². The minimum absolute atomic E-state index is 0.0570. The highest BCUT2D eigenvalue weighted by Crippen LogP contribution is 2.22. The van der Waals surface area contributed by atoms with Gasteiger partial charge < -0.3 is 5.73 Å². The Labute approximate surface area is 117 Å². The number of anilines is 1. The molecule has 108 valence electrons. The first-order valence-corrected chi connectivity index (χ1v) is 8.86. The minimum Gasteiger partial charge on any atom is -0.398 e. The number of hydrogen-bond acceptors (Lipinski definition) is 5. The summed E-state index contributed by atoms with van der Waals surface area (Å²) in [5.74, 6) is 0. The molecule has 0 radical (unpaired) electrons. The van der Waals surface area contributed by atoms with Crippen molar-refractivity contribution >= 4 is 37.3 Å². The second-order valence-electron chi connectivity index (χ2n) is 3.75. The van der Waals surface area contributed by atoms with Crippen molar-refractivity contribution in [2.75, 3.05) is 25.1 Å². The molecule has 0 atom stereocenters. The molecule has 0 aliphatic heterocycles. The SMILES string of the molecule is CS(=O)(=O)NCCNS(=O)(=O)c1cc(Cl)ccc1N. The molecule has 0 unspecified atom stereocenters. The van der Waals surface area contributed by atoms with Crippen molar-refractivity contribution in [1.82, 2.24) is 9.44 Å². The molecule has 1 aromatic carbocycles. The van der Waals surface area contributed by atoms with Crippen LogP contribution >= 0.6 is 11.6 Å². The van der Waals surface area contributed by atoms with Crippen LogP contribution in [0.1, 0.15) is 0 Å². The summed E-state index contributed by atoms with van der Waals surface area (Å²) in [7, 11) is -7.18. The molecule has 1 rings (SSSR count). The van der Waals surface area contributed by atoms with Gasteiger partial charge in [-0.1, -0.05) is 11.6 Å². The van der Waals surface area contributed by atoms with Crippen LogP contribution in [0.25, 0.3) is 0 Å². The minimum atomic E-state index is -3.83. The number of nitrogens with one attached hydrogen (secondary N) is 2. The zero-order valence-corrected chi connectivity index (χ0v) is 12.4. The van der Waals surface area contributed by atoms with E-state index in [9.17, 15) is 16.8 Å². The molecule has 0 saturated heterocycles. The number of sulfonamides is 2. The van der Waals surface area contributed by atoms with E-state index in [1.807, 2.05) is 0 Å². The molecule has 0 heterocycles. The normalized spacial score (nSPS) is 12.5. The van der Waals surface area contributed by atoms with E-state index in [1.54, 1.807) is 0 Å². The molecule has 0 aliphatic carbocycles. The summed E-state index contributed by atoms with van der Waals surface area (Å²) in [6, 6.07) is 4.08. The highest BCUT2D eigenvalue weighted by Gasteiger charge is 2.17. The Hall–Kier alpha value is -0.870. The van der Waals surface area contributed by atoms with Crippen molar-refractivity contribution in [3.63, 3.8) is 0 Å². The van der Waals surface area contributed by atoms with Crippen LogP contribution in [0.15, 0.2) is 23.1 Å². The van der Waals surface area contributed by atoms with Gasteiger partial charge in [-0.2, -0.15) is 0 Å². The molecule has 0 aromatic heterocycles. The van der Waals surface area contributed by atoms with Gasteiger partial charge in [0.15, 0.2) is 0 Å². The predicted octanol–water partition coefficient (Wildman–Crippen LogP) is -0.250. The second-order valence-corrected chi connectivity index (χ2v) is 7.75. The van der Waals surface area contributed by atoms with Crippen LogP contribution < -0.4 is 15.2 Å². The number of rotatable bonds is 6. The molecule has 0 aliphatic rings. The van der Waals surface area contributed by atoms with Crippen LogP contribution in [-0.4, -0.2) is 36.2 Å². The lowest BCUT2D eigenvalue weighted by Crippen LogP contribution is -2.34. The third-order valence-electron chi connectivity index (χ3n) is 2.05. The van der Waals surface area contributed by atoms with Gasteiger partial charge in [0.2, 0.25) is 20.0 Å². The van der Waals surface area contributed by atoms with Gasteiger partial charge in [-0.15, -0.1) is 0 Å². The fourth-order valence-corrected chi connectivity index (χ4v) is 3.14. The molecule has 0 bridgehead atoms. The van der Waals surface area contributed by atoms with Gasteiger partial charge in [-0.3, -0.25) is 0 Å². The van der Waals surface area contributed by atoms with Crippen LogP contribution in [0.3, 0.4) is 0 Å². The average Bonchev–Trinajstić information content (AvgIpc) is 2.26. The Kier molecular flexibility index (Phi) is 5.16. The zero-order valence-electron chi connectivity index (χ0n) is 10.1. The monoisotopic (exact) mass is 327 g/mol. The number of nitrogen functional groups attached to an aromatic ring is 1. The number of benzene rings is 1. The first kappa shape index (κ1) is 16.2. The van der Waals surface area contributed by atoms with Gasteiger partial charge in [0.05, 0.1) is 11.9 Å². The molecular weight excluding hydrogens is 314 g/mol. The summed E-state index contributed by atoms with van der Waals surface area (Å²) in [5.41, 5.74) is 5.62. The predicted molar refractivity (Wildman–Crippen MR) is 73.9 cm³/mol. The third kappa shape index (κ3) is 5.33. The Balaban J connectivity index is 2.74. The number of nitrogens with two attached hydrogens (primary N) is 1. The Morgan fingerprint density at radius 2 is 1.74 bits per heavy atom. The van der Waals surface area contributed by atoms with Gasteiger partial charge >= 0.3 is 0 Å². The lowest BCUT2D eigenvalue weighted by Gasteiger charge is -2.09. The van der Waals surface area contributed by atoms with Crippen LogP contribution in [0.4, 0.5) is 5.69 Å². The zero-order chi connectivity index (χ0) is 14.7. The molecular formula is C9H14ClN3O4S2. The largest absolute Gasteiger partial charge is 0.398 e. The van der Waals surface area contributed by atoms with Crippen LogP contribution in [0, 0.1) is 0 Å². The topological polar surface area (TPSA) is 118 Å². The van der Waals surface area contributed by atoms with Crippen molar-refractivity contribution in [3.8, 4) is 0 Å². The fourth-order valence-electron chi connectivity index (χ4n) is 1.24. The summed E-state index contributed by atoms with van der Waals surface area (Å²) in [6.45, 7) is -0.153. The average molecular weight is 328 g/mol. The van der Waals surface area contributed by atoms with E-state index in [2.05, 4.69) is 9.44 Å². The third-order valence-corrected chi connectivity index (χ3v) is 4.53. The van der Waals surface area contributed by atoms with Gasteiger partial charge in [0.1, 0.15) is 4.90 Å². The molecule has 0 spiro atoms. The number of hydrogen-bond donors (Lipinski definition) is 3. The van der Waals surface area contributed by atoms with Crippen LogP contribution in [0.5, 0.6) is 0 Å². The smallest absolute Gasteiger partial charge is 0.242 e. The molecule has 0 fully saturated rings. The lowest BCUT2D eigenvalue weighted by molar-refractivity contribution is 0.573. The van der Waals surface area contributed by atoms with Crippen LogP contribution in [0.2, 0.25) is 5.02 Å². The fraction of sp³-hybridized carbons (Fsp3) is 0.333. The highest BCUT2D eigenvalue weighted by atomic mass is 35.5. The van der Waals surface area contributed by atoms with Crippen molar-refractivity contribution < 1.29 is 16.8 Å². The molecule has 19 heavy (non-hydrogen) atoms. The van der Waals surface area contributed by atoms with Gasteiger partial charge in [-0.25, -0.2) is 26.3 Å². The molecule has 0 amide bonds. The quantitative estimate of drug-likeness (QED) is 0.492. The highest BCUT2D eigenvalue weighted by molar-refractivity contribution is 7.89. The van der Waals surface area contributed by atoms with E-state index < -0.39 is 20.0 Å². The first-order valence-electron chi connectivity index (χ1n) is 5.11. The van der Waals surface area contributed by atoms with Gasteiger partial charge in [0, 0.05) is 18.1 Å². The van der Waals surface area contributed by atoms with Gasteiger partial charge in [-0.05, 0) is 18.2 Å². The van der Waals surface area contributed by atoms with Crippen molar-refractivity contribution in [3.05, 3.63) is 23.2 Å². The first-order chi connectivity index (χ1) is 8.62. The molecule has 7 nitrogen and oxygen atoms in total. The van der Waals surface area contributed by atoms with E-state index in [0.717, 1.165) is 6.26 Å². The lowest BCUT2D eigenvalue weighted by atomic mass is 10.3. The number of halogens is 1. The molecule has 1 aromatic rings. The second kappa shape index (κ2) is 6.06. The van der Waals surface area contributed by atoms with E-state index in [4.69, 9.17) is 17.3 Å². The molecule has 4 N–H and O–H groups in total. The maximum atomic E-state index is 11.9. The summed E-state index contributed by atoms with van der Waals surface area (Å²) >= 11 is 5.70. The van der Waals surface area contributed by atoms with Crippen molar-refractivity contribution in [1.29, 1.82) is 0 Å². The Bertz CT molecular complexity index is 658. The standard InChI is InChI=1S/C9H14ClN3O4S2/c1-18(14,15)12-4-5-13-19(16,17)9-6-7(10)2-3-8(9)11/h2-3,6,12-13H,4-5,11H2,1H3. The Morgan fingerprint density at radius 3 is 2.32 bits per heavy atom. The van der Waals surface area contributed by atoms with Crippen LogP contribution in [-0.2, 0) is 20.0 Å². The summed E-state index contributed by atoms with van der Waals surface area (Å²) in [4.78, 5) is -0.139. The summed E-state index contributed by atoms with van der Waals surface area (Å²) in [6.07, 6.45) is 0.983. The maximum Gasteiger partial charge on any atom is 0.242 e. The molecule has 10 heteroatoms. The Morgan fingerprint density at radius 1 is 1.16 bits per heavy atom. The van der Waals surface area contributed by atoms with Crippen molar-refractivity contribution in [2.45, 2.75) is 4.90 Å². The summed E-state index contributed by atoms with van der Waals surface area (Å²) in [5, 5.41) is 0.240. The molecule has 0 saturated carbocycles. The summed E-state index contributed by atoms with van der Waals surface area (Å²) < 4.78 is 49.8.